The highest BCUT2D eigenvalue weighted by molar-refractivity contribution is 5.81. The Labute approximate surface area is 121 Å². The summed E-state index contributed by atoms with van der Waals surface area (Å²) < 4.78 is 4.64. The fraction of sp³-hybridized carbons (Fsp3) is 0.867. The average Bonchev–Trinajstić information content (AvgIpc) is 3.14. The number of nitrogens with zero attached hydrogens (tertiary/aromatic N) is 1. The molecule has 2 aliphatic rings. The number of hydrogen-bond donors (Lipinski definition) is 1. The maximum atomic E-state index is 12.8. The molecular weight excluding hydrogens is 256 g/mol. The molecule has 0 aromatic rings. The zero-order chi connectivity index (χ0) is 14.7. The summed E-state index contributed by atoms with van der Waals surface area (Å²) in [5, 5.41) is 2.78. The van der Waals surface area contributed by atoms with Gasteiger partial charge in [-0.25, -0.2) is 4.79 Å². The van der Waals surface area contributed by atoms with Gasteiger partial charge >= 0.3 is 6.09 Å². The molecule has 1 heterocycles. The van der Waals surface area contributed by atoms with Gasteiger partial charge in [-0.2, -0.15) is 0 Å². The number of methoxy groups -OCH3 is 1. The molecule has 20 heavy (non-hydrogen) atoms. The molecule has 1 N–H and O–H groups in total. The third-order valence-corrected chi connectivity index (χ3v) is 4.62. The predicted molar refractivity (Wildman–Crippen MR) is 76.2 cm³/mol. The molecule has 1 saturated carbocycles. The highest BCUT2D eigenvalue weighted by Gasteiger charge is 2.44. The number of carbonyl (C=O) groups is 2. The van der Waals surface area contributed by atoms with E-state index in [-0.39, 0.29) is 17.9 Å². The molecule has 5 nitrogen and oxygen atoms in total. The molecule has 0 aromatic heterocycles. The SMILES string of the molecule is CC[C@@H]1CCCN1C(=O)C(C1CC1)C(C)NC(=O)OC. The minimum atomic E-state index is -0.454. The van der Waals surface area contributed by atoms with E-state index >= 15 is 0 Å². The topological polar surface area (TPSA) is 58.6 Å². The zero-order valence-electron chi connectivity index (χ0n) is 12.7. The summed E-state index contributed by atoms with van der Waals surface area (Å²) in [5.41, 5.74) is 0. The van der Waals surface area contributed by atoms with Crippen molar-refractivity contribution in [2.45, 2.75) is 58.0 Å². The minimum Gasteiger partial charge on any atom is -0.453 e. The molecule has 114 valence electrons. The van der Waals surface area contributed by atoms with E-state index < -0.39 is 6.09 Å². The number of hydrogen-bond acceptors (Lipinski definition) is 3. The fourth-order valence-electron chi connectivity index (χ4n) is 3.36. The van der Waals surface area contributed by atoms with Crippen LogP contribution in [-0.2, 0) is 9.53 Å². The number of rotatable bonds is 5. The van der Waals surface area contributed by atoms with Crippen LogP contribution in [0.5, 0.6) is 0 Å². The fourth-order valence-corrected chi connectivity index (χ4v) is 3.36. The Balaban J connectivity index is 2.04. The first kappa shape index (κ1) is 15.1. The van der Waals surface area contributed by atoms with E-state index in [1.54, 1.807) is 0 Å². The quantitative estimate of drug-likeness (QED) is 0.840. The van der Waals surface area contributed by atoms with E-state index in [2.05, 4.69) is 17.0 Å². The largest absolute Gasteiger partial charge is 0.453 e. The van der Waals surface area contributed by atoms with E-state index in [1.165, 1.54) is 7.11 Å². The summed E-state index contributed by atoms with van der Waals surface area (Å²) in [6.07, 6.45) is 4.95. The van der Waals surface area contributed by atoms with Crippen LogP contribution in [0.25, 0.3) is 0 Å². The molecule has 1 aliphatic carbocycles. The van der Waals surface area contributed by atoms with Gasteiger partial charge in [0.2, 0.25) is 5.91 Å². The molecule has 3 atom stereocenters. The maximum Gasteiger partial charge on any atom is 0.407 e. The molecule has 1 aliphatic heterocycles. The van der Waals surface area contributed by atoms with Gasteiger partial charge in [0.25, 0.3) is 0 Å². The van der Waals surface area contributed by atoms with E-state index in [0.29, 0.717) is 12.0 Å². The maximum absolute atomic E-state index is 12.8. The van der Waals surface area contributed by atoms with Crippen LogP contribution in [-0.4, -0.2) is 42.6 Å². The number of amides is 2. The number of alkyl carbamates (subject to hydrolysis) is 1. The van der Waals surface area contributed by atoms with Crippen LogP contribution >= 0.6 is 0 Å². The van der Waals surface area contributed by atoms with Crippen molar-refractivity contribution < 1.29 is 14.3 Å². The first-order valence-corrected chi connectivity index (χ1v) is 7.73. The summed E-state index contributed by atoms with van der Waals surface area (Å²) in [6, 6.07) is 0.217. The number of carbonyl (C=O) groups excluding carboxylic acids is 2. The molecule has 0 spiro atoms. The second-order valence-corrected chi connectivity index (χ2v) is 6.02. The van der Waals surface area contributed by atoms with Gasteiger partial charge in [-0.15, -0.1) is 0 Å². The van der Waals surface area contributed by atoms with Crippen molar-refractivity contribution in [3.8, 4) is 0 Å². The van der Waals surface area contributed by atoms with Gasteiger partial charge in [-0.3, -0.25) is 4.79 Å². The lowest BCUT2D eigenvalue weighted by Gasteiger charge is -2.31. The monoisotopic (exact) mass is 282 g/mol. The molecule has 0 bridgehead atoms. The lowest BCUT2D eigenvalue weighted by molar-refractivity contribution is -0.138. The third-order valence-electron chi connectivity index (χ3n) is 4.62. The van der Waals surface area contributed by atoms with Crippen molar-refractivity contribution in [2.75, 3.05) is 13.7 Å². The molecule has 2 rings (SSSR count). The highest BCUT2D eigenvalue weighted by atomic mass is 16.5. The van der Waals surface area contributed by atoms with Crippen LogP contribution in [0.2, 0.25) is 0 Å². The smallest absolute Gasteiger partial charge is 0.407 e. The molecule has 1 saturated heterocycles. The van der Waals surface area contributed by atoms with E-state index in [4.69, 9.17) is 0 Å². The van der Waals surface area contributed by atoms with Crippen LogP contribution in [0, 0.1) is 11.8 Å². The first-order chi connectivity index (χ1) is 9.58. The lowest BCUT2D eigenvalue weighted by Crippen LogP contribution is -2.49. The summed E-state index contributed by atoms with van der Waals surface area (Å²) in [6.45, 7) is 4.92. The highest BCUT2D eigenvalue weighted by Crippen LogP contribution is 2.40. The van der Waals surface area contributed by atoms with Gasteiger partial charge in [-0.05, 0) is 44.9 Å². The van der Waals surface area contributed by atoms with Crippen molar-refractivity contribution in [3.05, 3.63) is 0 Å². The zero-order valence-corrected chi connectivity index (χ0v) is 12.7. The summed E-state index contributed by atoms with van der Waals surface area (Å²) in [4.78, 5) is 26.3. The van der Waals surface area contributed by atoms with E-state index in [9.17, 15) is 9.59 Å². The van der Waals surface area contributed by atoms with Gasteiger partial charge in [0.05, 0.1) is 13.0 Å². The average molecular weight is 282 g/mol. The normalized spacial score (nSPS) is 25.1. The van der Waals surface area contributed by atoms with E-state index in [0.717, 1.165) is 38.6 Å². The number of nitrogens with one attached hydrogen (secondary N) is 1. The molecule has 0 aromatic carbocycles. The molecule has 5 heteroatoms. The molecular formula is C15H26N2O3. The Kier molecular flexibility index (Phi) is 4.89. The van der Waals surface area contributed by atoms with Gasteiger partial charge < -0.3 is 15.0 Å². The standard InChI is InChI=1S/C15H26N2O3/c1-4-12-6-5-9-17(12)14(18)13(11-7-8-11)10(2)16-15(19)20-3/h10-13H,4-9H2,1-3H3,(H,16,19)/t10?,12-,13?/m1/s1. The van der Waals surface area contributed by atoms with Gasteiger partial charge in [0, 0.05) is 18.6 Å². The van der Waals surface area contributed by atoms with Gasteiger partial charge in [-0.1, -0.05) is 6.92 Å². The van der Waals surface area contributed by atoms with Crippen molar-refractivity contribution in [1.29, 1.82) is 0 Å². The number of ether oxygens (including phenoxy) is 1. The van der Waals surface area contributed by atoms with Crippen LogP contribution < -0.4 is 5.32 Å². The Bertz CT molecular complexity index is 368. The Hall–Kier alpha value is -1.26. The summed E-state index contributed by atoms with van der Waals surface area (Å²) in [5.74, 6) is 0.551. The Morgan fingerprint density at radius 3 is 2.60 bits per heavy atom. The van der Waals surface area contributed by atoms with Crippen molar-refractivity contribution in [2.24, 2.45) is 11.8 Å². The van der Waals surface area contributed by atoms with Crippen molar-refractivity contribution in [3.63, 3.8) is 0 Å². The third kappa shape index (κ3) is 3.25. The lowest BCUT2D eigenvalue weighted by atomic mass is 9.93. The molecule has 2 unspecified atom stereocenters. The van der Waals surface area contributed by atoms with Gasteiger partial charge in [0.1, 0.15) is 0 Å². The second-order valence-electron chi connectivity index (χ2n) is 6.02. The Morgan fingerprint density at radius 1 is 1.35 bits per heavy atom. The van der Waals surface area contributed by atoms with Crippen molar-refractivity contribution in [1.82, 2.24) is 10.2 Å². The van der Waals surface area contributed by atoms with Gasteiger partial charge in [0.15, 0.2) is 0 Å². The summed E-state index contributed by atoms with van der Waals surface area (Å²) in [7, 11) is 1.35. The molecule has 2 amide bonds. The molecule has 2 fully saturated rings. The minimum absolute atomic E-state index is 0.0961. The van der Waals surface area contributed by atoms with Crippen LogP contribution in [0.15, 0.2) is 0 Å². The number of likely N-dealkylation sites (tertiary alicyclic amines) is 1. The van der Waals surface area contributed by atoms with Crippen LogP contribution in [0.4, 0.5) is 4.79 Å². The van der Waals surface area contributed by atoms with Crippen molar-refractivity contribution >= 4 is 12.0 Å². The molecule has 0 radical (unpaired) electrons. The van der Waals surface area contributed by atoms with E-state index in [1.807, 2.05) is 11.8 Å². The summed E-state index contributed by atoms with van der Waals surface area (Å²) >= 11 is 0. The first-order valence-electron chi connectivity index (χ1n) is 7.73. The predicted octanol–water partition coefficient (Wildman–Crippen LogP) is 2.16. The Morgan fingerprint density at radius 2 is 2.05 bits per heavy atom. The second kappa shape index (κ2) is 6.46. The van der Waals surface area contributed by atoms with Crippen LogP contribution in [0.3, 0.4) is 0 Å². The van der Waals surface area contributed by atoms with Crippen LogP contribution in [0.1, 0.15) is 46.0 Å².